The highest BCUT2D eigenvalue weighted by molar-refractivity contribution is 6.03. The minimum atomic E-state index is -0.511. The van der Waals surface area contributed by atoms with Crippen molar-refractivity contribution in [2.45, 2.75) is 26.2 Å². The molecule has 4 nitrogen and oxygen atoms in total. The Bertz CT molecular complexity index is 964. The molecule has 1 N–H and O–H groups in total. The van der Waals surface area contributed by atoms with E-state index in [1.807, 2.05) is 54.6 Å². The summed E-state index contributed by atoms with van der Waals surface area (Å²) in [6.45, 7) is 6.00. The maximum absolute atomic E-state index is 12.2. The van der Waals surface area contributed by atoms with E-state index in [0.29, 0.717) is 11.3 Å². The van der Waals surface area contributed by atoms with Crippen LogP contribution in [-0.2, 0) is 14.9 Å². The number of nitrogens with one attached hydrogen (secondary N) is 1. The van der Waals surface area contributed by atoms with E-state index in [0.717, 1.165) is 16.3 Å². The number of benzene rings is 3. The molecular formula is C23H23NO3. The minimum absolute atomic E-state index is 0.0147. The van der Waals surface area contributed by atoms with E-state index >= 15 is 0 Å². The van der Waals surface area contributed by atoms with Crippen LogP contribution in [0.2, 0.25) is 0 Å². The quantitative estimate of drug-likeness (QED) is 0.670. The second-order valence-corrected chi connectivity index (χ2v) is 7.48. The summed E-state index contributed by atoms with van der Waals surface area (Å²) in [7, 11) is 0. The molecule has 4 heteroatoms. The van der Waals surface area contributed by atoms with Crippen LogP contribution in [0.15, 0.2) is 66.7 Å². The number of amides is 1. The van der Waals surface area contributed by atoms with Gasteiger partial charge in [-0.1, -0.05) is 69.3 Å². The Balaban J connectivity index is 1.61. The molecule has 0 atom stereocenters. The fraction of sp³-hybridized carbons (Fsp3) is 0.217. The molecule has 0 saturated carbocycles. The molecule has 0 bridgehead atoms. The SMILES string of the molecule is CC(C)(C)c1ccc(C(=O)OCC(=O)Nc2cccc3ccccc23)cc1. The zero-order valence-electron chi connectivity index (χ0n) is 15.8. The first-order valence-electron chi connectivity index (χ1n) is 8.90. The van der Waals surface area contributed by atoms with Crippen LogP contribution in [0.25, 0.3) is 10.8 Å². The van der Waals surface area contributed by atoms with Gasteiger partial charge in [0.1, 0.15) is 0 Å². The van der Waals surface area contributed by atoms with Crippen LogP contribution in [0.3, 0.4) is 0 Å². The molecular weight excluding hydrogens is 338 g/mol. The van der Waals surface area contributed by atoms with Crippen LogP contribution in [0.4, 0.5) is 5.69 Å². The van der Waals surface area contributed by atoms with Gasteiger partial charge < -0.3 is 10.1 Å². The Labute approximate surface area is 159 Å². The van der Waals surface area contributed by atoms with E-state index in [9.17, 15) is 9.59 Å². The van der Waals surface area contributed by atoms with E-state index in [-0.39, 0.29) is 17.9 Å². The molecule has 3 aromatic carbocycles. The minimum Gasteiger partial charge on any atom is -0.452 e. The Morgan fingerprint density at radius 3 is 2.26 bits per heavy atom. The summed E-state index contributed by atoms with van der Waals surface area (Å²) in [4.78, 5) is 24.4. The molecule has 0 radical (unpaired) electrons. The smallest absolute Gasteiger partial charge is 0.338 e. The van der Waals surface area contributed by atoms with Crippen molar-refractivity contribution in [2.75, 3.05) is 11.9 Å². The predicted octanol–water partition coefficient (Wildman–Crippen LogP) is 4.93. The van der Waals surface area contributed by atoms with Crippen LogP contribution < -0.4 is 5.32 Å². The molecule has 0 aliphatic heterocycles. The number of hydrogen-bond acceptors (Lipinski definition) is 3. The maximum Gasteiger partial charge on any atom is 0.338 e. The lowest BCUT2D eigenvalue weighted by Crippen LogP contribution is -2.21. The van der Waals surface area contributed by atoms with Gasteiger partial charge in [0, 0.05) is 11.1 Å². The standard InChI is InChI=1S/C23H23NO3/c1-23(2,3)18-13-11-17(12-14-18)22(26)27-15-21(25)24-20-10-6-8-16-7-4-5-9-19(16)20/h4-14H,15H2,1-3H3,(H,24,25). The van der Waals surface area contributed by atoms with Crippen molar-refractivity contribution in [1.29, 1.82) is 0 Å². The van der Waals surface area contributed by atoms with Gasteiger partial charge in [-0.3, -0.25) is 4.79 Å². The van der Waals surface area contributed by atoms with E-state index in [1.54, 1.807) is 12.1 Å². The summed E-state index contributed by atoms with van der Waals surface area (Å²) in [6, 6.07) is 20.7. The Morgan fingerprint density at radius 2 is 1.56 bits per heavy atom. The lowest BCUT2D eigenvalue weighted by atomic mass is 9.87. The van der Waals surface area contributed by atoms with Gasteiger partial charge in [-0.15, -0.1) is 0 Å². The number of fused-ring (bicyclic) bond motifs is 1. The molecule has 138 valence electrons. The Kier molecular flexibility index (Phi) is 5.26. The van der Waals surface area contributed by atoms with Crippen molar-refractivity contribution in [3.63, 3.8) is 0 Å². The van der Waals surface area contributed by atoms with Gasteiger partial charge in [-0.2, -0.15) is 0 Å². The first-order valence-corrected chi connectivity index (χ1v) is 8.90. The van der Waals surface area contributed by atoms with Gasteiger partial charge in [0.2, 0.25) is 0 Å². The van der Waals surface area contributed by atoms with Crippen molar-refractivity contribution in [2.24, 2.45) is 0 Å². The second kappa shape index (κ2) is 7.62. The summed E-state index contributed by atoms with van der Waals surface area (Å²) in [5.74, 6) is -0.880. The fourth-order valence-electron chi connectivity index (χ4n) is 2.84. The van der Waals surface area contributed by atoms with Gasteiger partial charge in [-0.05, 0) is 34.6 Å². The number of hydrogen-bond donors (Lipinski definition) is 1. The van der Waals surface area contributed by atoms with Gasteiger partial charge in [0.05, 0.1) is 5.56 Å². The number of rotatable bonds is 4. The van der Waals surface area contributed by atoms with Crippen molar-refractivity contribution in [1.82, 2.24) is 0 Å². The molecule has 27 heavy (non-hydrogen) atoms. The molecule has 0 aromatic heterocycles. The van der Waals surface area contributed by atoms with Crippen LogP contribution in [0, 0.1) is 0 Å². The highest BCUT2D eigenvalue weighted by atomic mass is 16.5. The zero-order chi connectivity index (χ0) is 19.4. The molecule has 1 amide bonds. The summed E-state index contributed by atoms with van der Waals surface area (Å²) < 4.78 is 5.15. The largest absolute Gasteiger partial charge is 0.452 e. The molecule has 0 heterocycles. The van der Waals surface area contributed by atoms with E-state index < -0.39 is 5.97 Å². The molecule has 0 fully saturated rings. The van der Waals surface area contributed by atoms with E-state index in [4.69, 9.17) is 4.74 Å². The van der Waals surface area contributed by atoms with Crippen molar-refractivity contribution in [3.8, 4) is 0 Å². The average molecular weight is 361 g/mol. The molecule has 0 unspecified atom stereocenters. The fourth-order valence-corrected chi connectivity index (χ4v) is 2.84. The maximum atomic E-state index is 12.2. The van der Waals surface area contributed by atoms with Crippen LogP contribution in [0.1, 0.15) is 36.7 Å². The van der Waals surface area contributed by atoms with Gasteiger partial charge in [-0.25, -0.2) is 4.79 Å². The van der Waals surface area contributed by atoms with Gasteiger partial charge in [0.25, 0.3) is 5.91 Å². The monoisotopic (exact) mass is 361 g/mol. The average Bonchev–Trinajstić information content (AvgIpc) is 2.66. The normalized spacial score (nSPS) is 11.2. The van der Waals surface area contributed by atoms with Crippen LogP contribution in [0.5, 0.6) is 0 Å². The summed E-state index contributed by atoms with van der Waals surface area (Å²) in [5.41, 5.74) is 2.28. The van der Waals surface area contributed by atoms with E-state index in [1.165, 1.54) is 0 Å². The van der Waals surface area contributed by atoms with E-state index in [2.05, 4.69) is 26.1 Å². The number of anilines is 1. The van der Waals surface area contributed by atoms with Gasteiger partial charge in [0.15, 0.2) is 6.61 Å². The van der Waals surface area contributed by atoms with Crippen molar-refractivity contribution >= 4 is 28.3 Å². The van der Waals surface area contributed by atoms with Crippen molar-refractivity contribution < 1.29 is 14.3 Å². The third-order valence-corrected chi connectivity index (χ3v) is 4.38. The predicted molar refractivity (Wildman–Crippen MR) is 108 cm³/mol. The van der Waals surface area contributed by atoms with Crippen LogP contribution in [-0.4, -0.2) is 18.5 Å². The summed E-state index contributed by atoms with van der Waals surface area (Å²) in [5, 5.41) is 4.78. The van der Waals surface area contributed by atoms with Gasteiger partial charge >= 0.3 is 5.97 Å². The third kappa shape index (κ3) is 4.53. The third-order valence-electron chi connectivity index (χ3n) is 4.38. The molecule has 3 aromatic rings. The first kappa shape index (κ1) is 18.6. The van der Waals surface area contributed by atoms with Crippen LogP contribution >= 0.6 is 0 Å². The highest BCUT2D eigenvalue weighted by Crippen LogP contribution is 2.23. The second-order valence-electron chi connectivity index (χ2n) is 7.48. The number of carbonyl (C=O) groups excluding carboxylic acids is 2. The van der Waals surface area contributed by atoms with Crippen molar-refractivity contribution in [3.05, 3.63) is 77.9 Å². The molecule has 3 rings (SSSR count). The molecule has 0 spiro atoms. The lowest BCUT2D eigenvalue weighted by molar-refractivity contribution is -0.119. The number of esters is 1. The molecule has 0 saturated heterocycles. The first-order chi connectivity index (χ1) is 12.8. The zero-order valence-corrected chi connectivity index (χ0v) is 15.8. The Morgan fingerprint density at radius 1 is 0.889 bits per heavy atom. The number of carbonyl (C=O) groups is 2. The Hall–Kier alpha value is -3.14. The number of ether oxygens (including phenoxy) is 1. The molecule has 0 aliphatic rings. The summed E-state index contributed by atoms with van der Waals surface area (Å²) in [6.07, 6.45) is 0. The highest BCUT2D eigenvalue weighted by Gasteiger charge is 2.15. The topological polar surface area (TPSA) is 55.4 Å². The summed E-state index contributed by atoms with van der Waals surface area (Å²) >= 11 is 0. The molecule has 0 aliphatic carbocycles. The lowest BCUT2D eigenvalue weighted by Gasteiger charge is -2.18.